The van der Waals surface area contributed by atoms with Crippen molar-refractivity contribution in [3.63, 3.8) is 0 Å². The summed E-state index contributed by atoms with van der Waals surface area (Å²) in [5.41, 5.74) is 1.10. The van der Waals surface area contributed by atoms with Crippen molar-refractivity contribution >= 4 is 32.8 Å². The Balaban J connectivity index is 1.93. The summed E-state index contributed by atoms with van der Waals surface area (Å²) < 4.78 is 38.8. The van der Waals surface area contributed by atoms with E-state index in [9.17, 15) is 18.0 Å². The largest absolute Gasteiger partial charge is 0.462 e. The van der Waals surface area contributed by atoms with Gasteiger partial charge in [-0.1, -0.05) is 6.07 Å². The topological polar surface area (TPSA) is 108 Å². The minimum atomic E-state index is -3.94. The minimum absolute atomic E-state index is 0.0686. The predicted molar refractivity (Wildman–Crippen MR) is 94.7 cm³/mol. The van der Waals surface area contributed by atoms with E-state index in [1.807, 2.05) is 0 Å². The van der Waals surface area contributed by atoms with Crippen LogP contribution in [0.2, 0.25) is 0 Å². The van der Waals surface area contributed by atoms with Crippen molar-refractivity contribution in [2.24, 2.45) is 7.05 Å². The molecule has 0 radical (unpaired) electrons. The zero-order valence-corrected chi connectivity index (χ0v) is 14.9. The lowest BCUT2D eigenvalue weighted by Crippen LogP contribution is -2.13. The van der Waals surface area contributed by atoms with Gasteiger partial charge >= 0.3 is 11.7 Å². The molecule has 0 saturated heterocycles. The first kappa shape index (κ1) is 17.7. The van der Waals surface area contributed by atoms with Gasteiger partial charge in [-0.05, 0) is 37.3 Å². The number of oxazole rings is 1. The van der Waals surface area contributed by atoms with Crippen molar-refractivity contribution in [2.75, 3.05) is 11.3 Å². The standard InChI is InChI=1S/C17H16N2O6S/c1-3-24-16(20)11-5-4-6-12(9-11)18-26(22,23)13-7-8-14-15(10-13)25-17(21)19(14)2/h4-10,18H,3H2,1-2H3. The molecule has 1 aromatic heterocycles. The van der Waals surface area contributed by atoms with Crippen molar-refractivity contribution in [3.8, 4) is 0 Å². The zero-order chi connectivity index (χ0) is 18.9. The highest BCUT2D eigenvalue weighted by atomic mass is 32.2. The van der Waals surface area contributed by atoms with E-state index < -0.39 is 21.7 Å². The first-order valence-electron chi connectivity index (χ1n) is 7.71. The molecular weight excluding hydrogens is 360 g/mol. The Labute approximate surface area is 149 Å². The summed E-state index contributed by atoms with van der Waals surface area (Å²) in [4.78, 5) is 23.2. The van der Waals surface area contributed by atoms with Gasteiger partial charge in [0.1, 0.15) is 0 Å². The molecule has 0 aliphatic carbocycles. The van der Waals surface area contributed by atoms with Crippen molar-refractivity contribution in [1.29, 1.82) is 0 Å². The molecule has 0 amide bonds. The van der Waals surface area contributed by atoms with Crippen molar-refractivity contribution in [2.45, 2.75) is 11.8 Å². The van der Waals surface area contributed by atoms with Crippen LogP contribution in [0.1, 0.15) is 17.3 Å². The Morgan fingerprint density at radius 3 is 2.73 bits per heavy atom. The summed E-state index contributed by atoms with van der Waals surface area (Å²) in [5, 5.41) is 0. The predicted octanol–water partition coefficient (Wildman–Crippen LogP) is 2.11. The van der Waals surface area contributed by atoms with Crippen molar-refractivity contribution in [3.05, 3.63) is 58.6 Å². The molecule has 136 valence electrons. The summed E-state index contributed by atoms with van der Waals surface area (Å²) in [6.45, 7) is 1.90. The number of rotatable bonds is 5. The first-order chi connectivity index (χ1) is 12.3. The van der Waals surface area contributed by atoms with E-state index >= 15 is 0 Å². The monoisotopic (exact) mass is 376 g/mol. The van der Waals surface area contributed by atoms with E-state index in [0.717, 1.165) is 0 Å². The number of fused-ring (bicyclic) bond motifs is 1. The van der Waals surface area contributed by atoms with Crippen LogP contribution in [0, 0.1) is 0 Å². The summed E-state index contributed by atoms with van der Waals surface area (Å²) in [5.74, 6) is -1.12. The van der Waals surface area contributed by atoms with Gasteiger partial charge < -0.3 is 9.15 Å². The van der Waals surface area contributed by atoms with Gasteiger partial charge in [-0.15, -0.1) is 0 Å². The number of aryl methyl sites for hydroxylation is 1. The average Bonchev–Trinajstić information content (AvgIpc) is 2.89. The molecule has 0 bridgehead atoms. The molecule has 0 atom stereocenters. The molecule has 3 aromatic rings. The molecule has 3 rings (SSSR count). The third kappa shape index (κ3) is 3.33. The number of anilines is 1. The molecule has 0 fully saturated rings. The van der Waals surface area contributed by atoms with E-state index in [2.05, 4.69) is 4.72 Å². The Kier molecular flexibility index (Phi) is 4.56. The van der Waals surface area contributed by atoms with Crippen LogP contribution in [0.5, 0.6) is 0 Å². The molecule has 0 aliphatic heterocycles. The molecule has 0 spiro atoms. The van der Waals surface area contributed by atoms with Crippen LogP contribution < -0.4 is 10.5 Å². The Morgan fingerprint density at radius 1 is 1.23 bits per heavy atom. The molecule has 1 heterocycles. The molecule has 0 unspecified atom stereocenters. The normalized spacial score (nSPS) is 11.5. The summed E-state index contributed by atoms with van der Waals surface area (Å²) >= 11 is 0. The number of hydrogen-bond donors (Lipinski definition) is 1. The lowest BCUT2D eigenvalue weighted by Gasteiger charge is -2.09. The fourth-order valence-electron chi connectivity index (χ4n) is 2.42. The Hall–Kier alpha value is -3.07. The van der Waals surface area contributed by atoms with Gasteiger partial charge in [-0.3, -0.25) is 9.29 Å². The van der Waals surface area contributed by atoms with Gasteiger partial charge in [0.05, 0.1) is 22.6 Å². The second-order valence-corrected chi connectivity index (χ2v) is 7.15. The first-order valence-corrected chi connectivity index (χ1v) is 9.19. The number of esters is 1. The Morgan fingerprint density at radius 2 is 2.00 bits per heavy atom. The van der Waals surface area contributed by atoms with Crippen LogP contribution in [0.3, 0.4) is 0 Å². The SMILES string of the molecule is CCOC(=O)c1cccc(NS(=O)(=O)c2ccc3c(c2)oc(=O)n3C)c1. The molecule has 0 saturated carbocycles. The van der Waals surface area contributed by atoms with Gasteiger partial charge in [-0.25, -0.2) is 18.0 Å². The van der Waals surface area contributed by atoms with Crippen LogP contribution in [0.25, 0.3) is 11.1 Å². The number of nitrogens with one attached hydrogen (secondary N) is 1. The van der Waals surface area contributed by atoms with Gasteiger partial charge in [0.2, 0.25) is 0 Å². The summed E-state index contributed by atoms with van der Waals surface area (Å²) in [6, 6.07) is 10.1. The number of aromatic nitrogens is 1. The van der Waals surface area contributed by atoms with Crippen LogP contribution in [-0.2, 0) is 21.8 Å². The smallest absolute Gasteiger partial charge is 0.419 e. The molecule has 9 heteroatoms. The Bertz CT molecular complexity index is 1140. The minimum Gasteiger partial charge on any atom is -0.462 e. The lowest BCUT2D eigenvalue weighted by atomic mass is 10.2. The average molecular weight is 376 g/mol. The van der Waals surface area contributed by atoms with Crippen LogP contribution in [-0.4, -0.2) is 25.6 Å². The van der Waals surface area contributed by atoms with Gasteiger partial charge in [0, 0.05) is 18.8 Å². The van der Waals surface area contributed by atoms with E-state index in [1.54, 1.807) is 13.0 Å². The second kappa shape index (κ2) is 6.68. The third-order valence-corrected chi connectivity index (χ3v) is 5.08. The maximum absolute atomic E-state index is 12.6. The van der Waals surface area contributed by atoms with Crippen molar-refractivity contribution < 1.29 is 22.4 Å². The number of ether oxygens (including phenoxy) is 1. The van der Waals surface area contributed by atoms with Gasteiger partial charge in [0.15, 0.2) is 5.58 Å². The van der Waals surface area contributed by atoms with Crippen LogP contribution in [0.15, 0.2) is 56.6 Å². The van der Waals surface area contributed by atoms with Gasteiger partial charge in [0.25, 0.3) is 10.0 Å². The second-order valence-electron chi connectivity index (χ2n) is 5.46. The zero-order valence-electron chi connectivity index (χ0n) is 14.1. The molecular formula is C17H16N2O6S. The molecule has 26 heavy (non-hydrogen) atoms. The summed E-state index contributed by atoms with van der Waals surface area (Å²) in [6.07, 6.45) is 0. The van der Waals surface area contributed by atoms with Gasteiger partial charge in [-0.2, -0.15) is 0 Å². The molecule has 0 aliphatic rings. The number of carbonyl (C=O) groups is 1. The summed E-state index contributed by atoms with van der Waals surface area (Å²) in [7, 11) is -2.41. The highest BCUT2D eigenvalue weighted by molar-refractivity contribution is 7.92. The number of nitrogens with zero attached hydrogens (tertiary/aromatic N) is 1. The number of sulfonamides is 1. The fraction of sp³-hybridized carbons (Fsp3) is 0.176. The van der Waals surface area contributed by atoms with Crippen LogP contribution in [0.4, 0.5) is 5.69 Å². The van der Waals surface area contributed by atoms with E-state index in [-0.39, 0.29) is 28.3 Å². The van der Waals surface area contributed by atoms with Crippen molar-refractivity contribution in [1.82, 2.24) is 4.57 Å². The maximum atomic E-state index is 12.6. The number of hydrogen-bond acceptors (Lipinski definition) is 6. The number of carbonyl (C=O) groups excluding carboxylic acids is 1. The van der Waals surface area contributed by atoms with E-state index in [1.165, 1.54) is 48.0 Å². The highest BCUT2D eigenvalue weighted by Crippen LogP contribution is 2.21. The fourth-order valence-corrected chi connectivity index (χ4v) is 3.48. The molecule has 2 aromatic carbocycles. The number of benzene rings is 2. The highest BCUT2D eigenvalue weighted by Gasteiger charge is 2.18. The quantitative estimate of drug-likeness (QED) is 0.684. The van der Waals surface area contributed by atoms with Crippen LogP contribution >= 0.6 is 0 Å². The third-order valence-electron chi connectivity index (χ3n) is 3.70. The molecule has 8 nitrogen and oxygen atoms in total. The van der Waals surface area contributed by atoms with E-state index in [0.29, 0.717) is 5.52 Å². The maximum Gasteiger partial charge on any atom is 0.419 e. The lowest BCUT2D eigenvalue weighted by molar-refractivity contribution is 0.0526. The van der Waals surface area contributed by atoms with E-state index in [4.69, 9.17) is 9.15 Å². The molecule has 1 N–H and O–H groups in total.